The van der Waals surface area contributed by atoms with E-state index in [9.17, 15) is 9.59 Å². The van der Waals surface area contributed by atoms with Gasteiger partial charge < -0.3 is 14.4 Å². The second kappa shape index (κ2) is 6.78. The van der Waals surface area contributed by atoms with Crippen molar-refractivity contribution in [3.8, 4) is 0 Å². The number of fused-ring (bicyclic) bond motifs is 2. The molecule has 0 bridgehead atoms. The van der Waals surface area contributed by atoms with Crippen LogP contribution >= 0.6 is 0 Å². The van der Waals surface area contributed by atoms with E-state index < -0.39 is 5.60 Å². The molecule has 1 aromatic rings. The van der Waals surface area contributed by atoms with E-state index in [2.05, 4.69) is 6.07 Å². The summed E-state index contributed by atoms with van der Waals surface area (Å²) < 4.78 is 10.4. The summed E-state index contributed by atoms with van der Waals surface area (Å²) >= 11 is 0. The topological polar surface area (TPSA) is 55.8 Å². The third-order valence-corrected chi connectivity index (χ3v) is 5.26. The van der Waals surface area contributed by atoms with Crippen LogP contribution in [0.25, 0.3) is 5.57 Å². The lowest BCUT2D eigenvalue weighted by atomic mass is 9.65. The van der Waals surface area contributed by atoms with E-state index in [1.165, 1.54) is 12.7 Å². The molecular formula is C21H27NO4. The normalized spacial score (nSPS) is 18.8. The number of likely N-dealkylation sites (tertiary alicyclic amines) is 1. The fourth-order valence-electron chi connectivity index (χ4n) is 3.92. The van der Waals surface area contributed by atoms with Crippen LogP contribution in [0.1, 0.15) is 51.2 Å². The van der Waals surface area contributed by atoms with Crippen LogP contribution in [0.2, 0.25) is 0 Å². The van der Waals surface area contributed by atoms with E-state index in [1.54, 1.807) is 4.90 Å². The second-order valence-electron chi connectivity index (χ2n) is 8.11. The van der Waals surface area contributed by atoms with Crippen LogP contribution in [0, 0.1) is 0 Å². The van der Waals surface area contributed by atoms with Gasteiger partial charge in [-0.1, -0.05) is 30.3 Å². The molecule has 0 N–H and O–H groups in total. The zero-order valence-electron chi connectivity index (χ0n) is 16.0. The van der Waals surface area contributed by atoms with Gasteiger partial charge >= 0.3 is 12.1 Å². The van der Waals surface area contributed by atoms with Gasteiger partial charge in [0.1, 0.15) is 5.60 Å². The molecule has 1 spiro atoms. The molecule has 0 atom stereocenters. The molecule has 0 unspecified atom stereocenters. The fraction of sp³-hybridized carbons (Fsp3) is 0.524. The number of hydrogen-bond donors (Lipinski definition) is 0. The Morgan fingerprint density at radius 3 is 2.38 bits per heavy atom. The van der Waals surface area contributed by atoms with Crippen LogP contribution in [0.4, 0.5) is 4.79 Å². The summed E-state index contributed by atoms with van der Waals surface area (Å²) in [4.78, 5) is 26.2. The summed E-state index contributed by atoms with van der Waals surface area (Å²) in [5.41, 5.74) is 2.26. The van der Waals surface area contributed by atoms with Crippen molar-refractivity contribution in [3.05, 3.63) is 41.5 Å². The Balaban J connectivity index is 1.80. The number of methoxy groups -OCH3 is 1. The number of benzene rings is 1. The molecule has 3 rings (SSSR count). The quantitative estimate of drug-likeness (QED) is 0.715. The van der Waals surface area contributed by atoms with E-state index in [-0.39, 0.29) is 17.5 Å². The molecule has 26 heavy (non-hydrogen) atoms. The van der Waals surface area contributed by atoms with Gasteiger partial charge in [-0.2, -0.15) is 0 Å². The Bertz CT molecular complexity index is 737. The van der Waals surface area contributed by atoms with Crippen molar-refractivity contribution < 1.29 is 19.1 Å². The Morgan fingerprint density at radius 1 is 1.12 bits per heavy atom. The highest BCUT2D eigenvalue weighted by Gasteiger charge is 2.41. The highest BCUT2D eigenvalue weighted by Crippen LogP contribution is 2.46. The number of ether oxygens (including phenoxy) is 2. The van der Waals surface area contributed by atoms with Crippen molar-refractivity contribution in [2.24, 2.45) is 0 Å². The van der Waals surface area contributed by atoms with Gasteiger partial charge in [-0.15, -0.1) is 0 Å². The molecule has 1 fully saturated rings. The number of carbonyl (C=O) groups excluding carboxylic acids is 2. The number of hydrogen-bond acceptors (Lipinski definition) is 4. The zero-order chi connectivity index (χ0) is 18.9. The molecule has 0 aromatic heterocycles. The number of amides is 1. The molecular weight excluding hydrogens is 330 g/mol. The lowest BCUT2D eigenvalue weighted by molar-refractivity contribution is -0.133. The molecule has 140 valence electrons. The molecule has 1 aliphatic heterocycles. The SMILES string of the molecule is COC(=O)C1=CCC2(CCN(C(=O)OC(C)(C)C)CC2)c2ccccc21. The third kappa shape index (κ3) is 3.48. The minimum atomic E-state index is -0.484. The van der Waals surface area contributed by atoms with Gasteiger partial charge in [0.05, 0.1) is 12.7 Å². The highest BCUT2D eigenvalue weighted by molar-refractivity contribution is 6.17. The second-order valence-corrected chi connectivity index (χ2v) is 8.11. The lowest BCUT2D eigenvalue weighted by Gasteiger charge is -2.44. The largest absolute Gasteiger partial charge is 0.465 e. The first-order valence-electron chi connectivity index (χ1n) is 9.12. The van der Waals surface area contributed by atoms with Crippen molar-refractivity contribution in [2.45, 2.75) is 51.0 Å². The van der Waals surface area contributed by atoms with E-state index in [0.717, 1.165) is 24.8 Å². The third-order valence-electron chi connectivity index (χ3n) is 5.26. The number of piperidine rings is 1. The average molecular weight is 357 g/mol. The van der Waals surface area contributed by atoms with Gasteiger partial charge in [0, 0.05) is 18.5 Å². The van der Waals surface area contributed by atoms with E-state index in [0.29, 0.717) is 18.7 Å². The van der Waals surface area contributed by atoms with Gasteiger partial charge in [-0.05, 0) is 51.2 Å². The van der Waals surface area contributed by atoms with Crippen LogP contribution < -0.4 is 0 Å². The molecule has 1 heterocycles. The van der Waals surface area contributed by atoms with Gasteiger partial charge in [-0.3, -0.25) is 0 Å². The molecule has 1 aromatic carbocycles. The highest BCUT2D eigenvalue weighted by atomic mass is 16.6. The van der Waals surface area contributed by atoms with E-state index in [1.807, 2.05) is 45.0 Å². The Hall–Kier alpha value is -2.30. The predicted molar refractivity (Wildman–Crippen MR) is 99.8 cm³/mol. The smallest absolute Gasteiger partial charge is 0.410 e. The average Bonchev–Trinajstić information content (AvgIpc) is 2.61. The first-order valence-corrected chi connectivity index (χ1v) is 9.12. The standard InChI is InChI=1S/C21H27NO4/c1-20(2,3)26-19(24)22-13-11-21(12-14-22)10-9-16(18(23)25-4)15-7-5-6-8-17(15)21/h5-9H,10-14H2,1-4H3. The predicted octanol–water partition coefficient (Wildman–Crippen LogP) is 3.92. The van der Waals surface area contributed by atoms with E-state index >= 15 is 0 Å². The molecule has 1 aliphatic carbocycles. The Labute approximate surface area is 155 Å². The molecule has 0 radical (unpaired) electrons. The Morgan fingerprint density at radius 2 is 1.77 bits per heavy atom. The summed E-state index contributed by atoms with van der Waals surface area (Å²) in [5.74, 6) is -0.293. The summed E-state index contributed by atoms with van der Waals surface area (Å²) in [6.07, 6.45) is 4.25. The van der Waals surface area contributed by atoms with Gasteiger partial charge in [0.25, 0.3) is 0 Å². The van der Waals surface area contributed by atoms with Crippen LogP contribution in [-0.2, 0) is 19.7 Å². The number of allylic oxidation sites excluding steroid dienone is 1. The molecule has 0 saturated carbocycles. The summed E-state index contributed by atoms with van der Waals surface area (Å²) in [6, 6.07) is 8.05. The first kappa shape index (κ1) is 18.5. The summed E-state index contributed by atoms with van der Waals surface area (Å²) in [7, 11) is 1.41. The summed E-state index contributed by atoms with van der Waals surface area (Å²) in [6.45, 7) is 6.96. The molecule has 5 nitrogen and oxygen atoms in total. The number of rotatable bonds is 1. The zero-order valence-corrected chi connectivity index (χ0v) is 16.0. The van der Waals surface area contributed by atoms with Crippen LogP contribution in [0.15, 0.2) is 30.3 Å². The van der Waals surface area contributed by atoms with Crippen LogP contribution in [0.3, 0.4) is 0 Å². The van der Waals surface area contributed by atoms with Crippen molar-refractivity contribution >= 4 is 17.6 Å². The van der Waals surface area contributed by atoms with Gasteiger partial charge in [-0.25, -0.2) is 9.59 Å². The number of esters is 1. The fourth-order valence-corrected chi connectivity index (χ4v) is 3.92. The van der Waals surface area contributed by atoms with Crippen molar-refractivity contribution in [3.63, 3.8) is 0 Å². The first-order chi connectivity index (χ1) is 12.3. The summed E-state index contributed by atoms with van der Waals surface area (Å²) in [5, 5.41) is 0. The molecule has 1 saturated heterocycles. The molecule has 5 heteroatoms. The van der Waals surface area contributed by atoms with Crippen LogP contribution in [-0.4, -0.2) is 42.8 Å². The lowest BCUT2D eigenvalue weighted by Crippen LogP contribution is -2.47. The maximum Gasteiger partial charge on any atom is 0.410 e. The monoisotopic (exact) mass is 357 g/mol. The minimum absolute atomic E-state index is 0.0351. The van der Waals surface area contributed by atoms with E-state index in [4.69, 9.17) is 9.47 Å². The Kier molecular flexibility index (Phi) is 4.82. The van der Waals surface area contributed by atoms with Crippen molar-refractivity contribution in [1.29, 1.82) is 0 Å². The van der Waals surface area contributed by atoms with Gasteiger partial charge in [0.15, 0.2) is 0 Å². The van der Waals surface area contributed by atoms with Crippen molar-refractivity contribution in [2.75, 3.05) is 20.2 Å². The van der Waals surface area contributed by atoms with Crippen molar-refractivity contribution in [1.82, 2.24) is 4.90 Å². The number of carbonyl (C=O) groups is 2. The molecule has 2 aliphatic rings. The number of nitrogens with zero attached hydrogens (tertiary/aromatic N) is 1. The molecule has 1 amide bonds. The maximum absolute atomic E-state index is 12.3. The minimum Gasteiger partial charge on any atom is -0.465 e. The van der Waals surface area contributed by atoms with Crippen LogP contribution in [0.5, 0.6) is 0 Å². The van der Waals surface area contributed by atoms with Gasteiger partial charge in [0.2, 0.25) is 0 Å². The maximum atomic E-state index is 12.3.